The summed E-state index contributed by atoms with van der Waals surface area (Å²) in [7, 11) is 1.90. The number of esters is 1. The average Bonchev–Trinajstić information content (AvgIpc) is 2.61. The summed E-state index contributed by atoms with van der Waals surface area (Å²) >= 11 is 0. The highest BCUT2D eigenvalue weighted by atomic mass is 16.5. The summed E-state index contributed by atoms with van der Waals surface area (Å²) in [6, 6.07) is 0. The van der Waals surface area contributed by atoms with Crippen LogP contribution in [0.1, 0.15) is 19.8 Å². The summed E-state index contributed by atoms with van der Waals surface area (Å²) in [6.07, 6.45) is 0.980. The standard InChI is InChI=1S/C11H22N2O3/c1-3-16-11(15)9-7-10(14)13(8-9)6-4-5-12-2/h9-10,12,14H,3-8H2,1-2H3. The van der Waals surface area contributed by atoms with Gasteiger partial charge in [0.2, 0.25) is 0 Å². The van der Waals surface area contributed by atoms with E-state index in [1.54, 1.807) is 6.92 Å². The van der Waals surface area contributed by atoms with Crippen LogP contribution < -0.4 is 5.32 Å². The number of carbonyl (C=O) groups excluding carboxylic acids is 1. The van der Waals surface area contributed by atoms with Gasteiger partial charge in [0.15, 0.2) is 0 Å². The molecule has 16 heavy (non-hydrogen) atoms. The first-order valence-corrected chi connectivity index (χ1v) is 5.92. The summed E-state index contributed by atoms with van der Waals surface area (Å²) in [5, 5.41) is 12.8. The summed E-state index contributed by atoms with van der Waals surface area (Å²) < 4.78 is 4.96. The maximum atomic E-state index is 11.5. The van der Waals surface area contributed by atoms with E-state index in [9.17, 15) is 9.90 Å². The smallest absolute Gasteiger partial charge is 0.310 e. The van der Waals surface area contributed by atoms with Gasteiger partial charge in [0.1, 0.15) is 6.23 Å². The number of hydrogen-bond acceptors (Lipinski definition) is 5. The lowest BCUT2D eigenvalue weighted by molar-refractivity contribution is -0.147. The van der Waals surface area contributed by atoms with Crippen molar-refractivity contribution in [2.75, 3.05) is 33.3 Å². The molecule has 2 N–H and O–H groups in total. The molecule has 1 fully saturated rings. The fraction of sp³-hybridized carbons (Fsp3) is 0.909. The quantitative estimate of drug-likeness (QED) is 0.489. The second-order valence-corrected chi connectivity index (χ2v) is 4.12. The fourth-order valence-electron chi connectivity index (χ4n) is 2.01. The van der Waals surface area contributed by atoms with Gasteiger partial charge in [-0.1, -0.05) is 0 Å². The zero-order valence-corrected chi connectivity index (χ0v) is 10.1. The van der Waals surface area contributed by atoms with Crippen LogP contribution in [-0.4, -0.2) is 55.5 Å². The van der Waals surface area contributed by atoms with Gasteiger partial charge in [-0.25, -0.2) is 0 Å². The summed E-state index contributed by atoms with van der Waals surface area (Å²) in [5.74, 6) is -0.345. The molecular weight excluding hydrogens is 208 g/mol. The minimum absolute atomic E-state index is 0.162. The van der Waals surface area contributed by atoms with E-state index in [0.29, 0.717) is 19.6 Å². The van der Waals surface area contributed by atoms with E-state index in [1.807, 2.05) is 11.9 Å². The van der Waals surface area contributed by atoms with Crippen molar-refractivity contribution in [2.45, 2.75) is 26.0 Å². The molecule has 0 aromatic rings. The van der Waals surface area contributed by atoms with Crippen molar-refractivity contribution in [2.24, 2.45) is 5.92 Å². The van der Waals surface area contributed by atoms with E-state index in [2.05, 4.69) is 5.32 Å². The van der Waals surface area contributed by atoms with Crippen LogP contribution in [0.25, 0.3) is 0 Å². The molecule has 2 unspecified atom stereocenters. The third kappa shape index (κ3) is 3.73. The average molecular weight is 230 g/mol. The first-order valence-electron chi connectivity index (χ1n) is 5.92. The number of rotatable bonds is 6. The van der Waals surface area contributed by atoms with Crippen molar-refractivity contribution in [3.63, 3.8) is 0 Å². The molecule has 1 aliphatic rings. The number of aliphatic hydroxyl groups excluding tert-OH is 1. The highest BCUT2D eigenvalue weighted by molar-refractivity contribution is 5.73. The first-order chi connectivity index (χ1) is 7.69. The Morgan fingerprint density at radius 3 is 3.00 bits per heavy atom. The molecule has 1 aliphatic heterocycles. The van der Waals surface area contributed by atoms with E-state index >= 15 is 0 Å². The minimum atomic E-state index is -0.494. The lowest BCUT2D eigenvalue weighted by Crippen LogP contribution is -2.32. The van der Waals surface area contributed by atoms with Crippen LogP contribution in [0.3, 0.4) is 0 Å². The van der Waals surface area contributed by atoms with Gasteiger partial charge in [-0.15, -0.1) is 0 Å². The van der Waals surface area contributed by atoms with Gasteiger partial charge in [-0.3, -0.25) is 9.69 Å². The molecule has 1 rings (SSSR count). The Hall–Kier alpha value is -0.650. The lowest BCUT2D eigenvalue weighted by atomic mass is 10.1. The van der Waals surface area contributed by atoms with Gasteiger partial charge in [0.05, 0.1) is 12.5 Å². The molecule has 5 nitrogen and oxygen atoms in total. The Bertz CT molecular complexity index is 223. The molecule has 0 spiro atoms. The Morgan fingerprint density at radius 1 is 1.62 bits per heavy atom. The van der Waals surface area contributed by atoms with E-state index in [-0.39, 0.29) is 11.9 Å². The van der Waals surface area contributed by atoms with Crippen LogP contribution in [0.2, 0.25) is 0 Å². The Kier molecular flexibility index (Phi) is 5.73. The van der Waals surface area contributed by atoms with Gasteiger partial charge in [-0.2, -0.15) is 0 Å². The van der Waals surface area contributed by atoms with Crippen LogP contribution in [0.15, 0.2) is 0 Å². The number of aliphatic hydroxyl groups is 1. The van der Waals surface area contributed by atoms with Crippen molar-refractivity contribution >= 4 is 5.97 Å². The predicted molar refractivity (Wildman–Crippen MR) is 60.9 cm³/mol. The number of nitrogens with zero attached hydrogens (tertiary/aromatic N) is 1. The van der Waals surface area contributed by atoms with Crippen molar-refractivity contribution in [1.29, 1.82) is 0 Å². The maximum Gasteiger partial charge on any atom is 0.310 e. The Morgan fingerprint density at radius 2 is 2.38 bits per heavy atom. The highest BCUT2D eigenvalue weighted by Crippen LogP contribution is 2.22. The van der Waals surface area contributed by atoms with Crippen molar-refractivity contribution in [3.8, 4) is 0 Å². The number of carbonyl (C=O) groups is 1. The molecule has 2 atom stereocenters. The molecule has 94 valence electrons. The van der Waals surface area contributed by atoms with Gasteiger partial charge < -0.3 is 15.2 Å². The molecule has 1 heterocycles. The molecule has 0 amide bonds. The molecule has 0 bridgehead atoms. The van der Waals surface area contributed by atoms with Gasteiger partial charge in [0.25, 0.3) is 0 Å². The van der Waals surface area contributed by atoms with Crippen LogP contribution in [0, 0.1) is 5.92 Å². The molecule has 0 radical (unpaired) electrons. The second kappa shape index (κ2) is 6.83. The third-order valence-electron chi connectivity index (χ3n) is 2.86. The Balaban J connectivity index is 2.32. The lowest BCUT2D eigenvalue weighted by Gasteiger charge is -2.19. The largest absolute Gasteiger partial charge is 0.466 e. The highest BCUT2D eigenvalue weighted by Gasteiger charge is 2.35. The molecule has 0 aromatic carbocycles. The van der Waals surface area contributed by atoms with Gasteiger partial charge >= 0.3 is 5.97 Å². The molecule has 0 saturated carbocycles. The van der Waals surface area contributed by atoms with E-state index in [4.69, 9.17) is 4.74 Å². The van der Waals surface area contributed by atoms with Crippen molar-refractivity contribution in [1.82, 2.24) is 10.2 Å². The molecule has 0 aliphatic carbocycles. The van der Waals surface area contributed by atoms with E-state index in [0.717, 1.165) is 19.5 Å². The fourth-order valence-corrected chi connectivity index (χ4v) is 2.01. The monoisotopic (exact) mass is 230 g/mol. The number of likely N-dealkylation sites (tertiary alicyclic amines) is 1. The van der Waals surface area contributed by atoms with Gasteiger partial charge in [0, 0.05) is 19.5 Å². The number of nitrogens with one attached hydrogen (secondary N) is 1. The number of hydrogen-bond donors (Lipinski definition) is 2. The molecule has 1 saturated heterocycles. The van der Waals surface area contributed by atoms with Crippen LogP contribution >= 0.6 is 0 Å². The van der Waals surface area contributed by atoms with Crippen LogP contribution in [0.4, 0.5) is 0 Å². The van der Waals surface area contributed by atoms with Crippen LogP contribution in [-0.2, 0) is 9.53 Å². The molecule has 0 aromatic heterocycles. The number of ether oxygens (including phenoxy) is 1. The summed E-state index contributed by atoms with van der Waals surface area (Å²) in [6.45, 7) is 4.56. The third-order valence-corrected chi connectivity index (χ3v) is 2.86. The zero-order chi connectivity index (χ0) is 12.0. The topological polar surface area (TPSA) is 61.8 Å². The van der Waals surface area contributed by atoms with Gasteiger partial charge in [-0.05, 0) is 26.9 Å². The van der Waals surface area contributed by atoms with Crippen molar-refractivity contribution in [3.05, 3.63) is 0 Å². The normalized spacial score (nSPS) is 25.9. The predicted octanol–water partition coefficient (Wildman–Crippen LogP) is -0.201. The van der Waals surface area contributed by atoms with Crippen molar-refractivity contribution < 1.29 is 14.6 Å². The Labute approximate surface area is 96.8 Å². The summed E-state index contributed by atoms with van der Waals surface area (Å²) in [5.41, 5.74) is 0. The molecular formula is C11H22N2O3. The SMILES string of the molecule is CCOC(=O)C1CC(O)N(CCCNC)C1. The summed E-state index contributed by atoms with van der Waals surface area (Å²) in [4.78, 5) is 13.4. The van der Waals surface area contributed by atoms with E-state index in [1.165, 1.54) is 0 Å². The second-order valence-electron chi connectivity index (χ2n) is 4.12. The minimum Gasteiger partial charge on any atom is -0.466 e. The molecule has 5 heteroatoms. The van der Waals surface area contributed by atoms with E-state index < -0.39 is 6.23 Å². The zero-order valence-electron chi connectivity index (χ0n) is 10.1. The maximum absolute atomic E-state index is 11.5. The first kappa shape index (κ1) is 13.4. The van der Waals surface area contributed by atoms with Crippen LogP contribution in [0.5, 0.6) is 0 Å².